The second kappa shape index (κ2) is 7.25. The molecule has 0 radical (unpaired) electrons. The Labute approximate surface area is 128 Å². The Hall–Kier alpha value is -1.61. The van der Waals surface area contributed by atoms with Gasteiger partial charge in [0, 0.05) is 10.9 Å². The molecule has 0 saturated heterocycles. The maximum atomic E-state index is 12.0. The van der Waals surface area contributed by atoms with Crippen LogP contribution in [-0.4, -0.2) is 5.91 Å². The standard InChI is InChI=1S/C17H18BrNO/c1-13(15-9-5-6-10-16(15)18)19-17(20)12-11-14-7-3-2-4-8-14/h2-10,13H,11-12H2,1H3,(H,19,20)/t13-/m0/s1. The fraction of sp³-hybridized carbons (Fsp3) is 0.235. The van der Waals surface area contributed by atoms with Gasteiger partial charge in [0.2, 0.25) is 5.91 Å². The quantitative estimate of drug-likeness (QED) is 0.871. The molecule has 2 aromatic carbocycles. The summed E-state index contributed by atoms with van der Waals surface area (Å²) < 4.78 is 1.02. The SMILES string of the molecule is C[C@H](NC(=O)CCc1ccccc1)c1ccccc1Br. The number of rotatable bonds is 5. The first-order chi connectivity index (χ1) is 9.66. The Bertz CT molecular complexity index is 568. The molecule has 2 nitrogen and oxygen atoms in total. The number of aryl methyl sites for hydroxylation is 1. The molecule has 1 atom stereocenters. The van der Waals surface area contributed by atoms with E-state index < -0.39 is 0 Å². The van der Waals surface area contributed by atoms with Gasteiger partial charge in [0.1, 0.15) is 0 Å². The van der Waals surface area contributed by atoms with Gasteiger partial charge >= 0.3 is 0 Å². The summed E-state index contributed by atoms with van der Waals surface area (Å²) in [5.74, 6) is 0.0807. The summed E-state index contributed by atoms with van der Waals surface area (Å²) in [6.45, 7) is 2.00. The van der Waals surface area contributed by atoms with E-state index in [-0.39, 0.29) is 11.9 Å². The zero-order chi connectivity index (χ0) is 14.4. The molecule has 0 aliphatic heterocycles. The van der Waals surface area contributed by atoms with Gasteiger partial charge in [0.15, 0.2) is 0 Å². The third-order valence-electron chi connectivity index (χ3n) is 3.23. The van der Waals surface area contributed by atoms with Gasteiger partial charge in [-0.2, -0.15) is 0 Å². The van der Waals surface area contributed by atoms with Crippen molar-refractivity contribution < 1.29 is 4.79 Å². The Morgan fingerprint density at radius 3 is 2.45 bits per heavy atom. The molecule has 3 heteroatoms. The fourth-order valence-corrected chi connectivity index (χ4v) is 2.75. The normalized spacial score (nSPS) is 11.9. The van der Waals surface area contributed by atoms with Crippen molar-refractivity contribution in [2.45, 2.75) is 25.8 Å². The minimum atomic E-state index is 0.00819. The van der Waals surface area contributed by atoms with Crippen molar-refractivity contribution in [1.29, 1.82) is 0 Å². The lowest BCUT2D eigenvalue weighted by molar-refractivity contribution is -0.121. The monoisotopic (exact) mass is 331 g/mol. The molecule has 2 rings (SSSR count). The lowest BCUT2D eigenvalue weighted by atomic mass is 10.1. The lowest BCUT2D eigenvalue weighted by Crippen LogP contribution is -2.27. The summed E-state index contributed by atoms with van der Waals surface area (Å²) in [5.41, 5.74) is 2.29. The van der Waals surface area contributed by atoms with Crippen molar-refractivity contribution in [2.75, 3.05) is 0 Å². The van der Waals surface area contributed by atoms with E-state index in [1.807, 2.05) is 61.5 Å². The highest BCUT2D eigenvalue weighted by Gasteiger charge is 2.11. The Morgan fingerprint density at radius 2 is 1.75 bits per heavy atom. The molecule has 104 valence electrons. The molecule has 0 aliphatic rings. The molecule has 0 aromatic heterocycles. The van der Waals surface area contributed by atoms with Crippen LogP contribution in [0.2, 0.25) is 0 Å². The number of hydrogen-bond donors (Lipinski definition) is 1. The van der Waals surface area contributed by atoms with Crippen molar-refractivity contribution in [1.82, 2.24) is 5.32 Å². The highest BCUT2D eigenvalue weighted by atomic mass is 79.9. The Morgan fingerprint density at radius 1 is 1.10 bits per heavy atom. The third-order valence-corrected chi connectivity index (χ3v) is 3.95. The highest BCUT2D eigenvalue weighted by molar-refractivity contribution is 9.10. The zero-order valence-electron chi connectivity index (χ0n) is 11.5. The van der Waals surface area contributed by atoms with E-state index in [1.54, 1.807) is 0 Å². The maximum absolute atomic E-state index is 12.0. The van der Waals surface area contributed by atoms with Crippen LogP contribution in [0.4, 0.5) is 0 Å². The summed E-state index contributed by atoms with van der Waals surface area (Å²) in [6, 6.07) is 18.0. The van der Waals surface area contributed by atoms with E-state index >= 15 is 0 Å². The van der Waals surface area contributed by atoms with E-state index in [0.717, 1.165) is 16.5 Å². The van der Waals surface area contributed by atoms with Crippen LogP contribution >= 0.6 is 15.9 Å². The van der Waals surface area contributed by atoms with E-state index in [2.05, 4.69) is 21.2 Å². The zero-order valence-corrected chi connectivity index (χ0v) is 13.1. The lowest BCUT2D eigenvalue weighted by Gasteiger charge is -2.15. The summed E-state index contributed by atoms with van der Waals surface area (Å²) >= 11 is 3.51. The minimum Gasteiger partial charge on any atom is -0.350 e. The van der Waals surface area contributed by atoms with Crippen molar-refractivity contribution in [2.24, 2.45) is 0 Å². The summed E-state index contributed by atoms with van der Waals surface area (Å²) in [4.78, 5) is 12.0. The van der Waals surface area contributed by atoms with Gasteiger partial charge < -0.3 is 5.32 Å². The third kappa shape index (κ3) is 4.20. The van der Waals surface area contributed by atoms with Crippen LogP contribution in [0.1, 0.15) is 30.5 Å². The van der Waals surface area contributed by atoms with Crippen LogP contribution in [0.15, 0.2) is 59.1 Å². The second-order valence-electron chi connectivity index (χ2n) is 4.80. The molecule has 0 fully saturated rings. The van der Waals surface area contributed by atoms with Crippen LogP contribution < -0.4 is 5.32 Å². The summed E-state index contributed by atoms with van der Waals surface area (Å²) in [7, 11) is 0. The second-order valence-corrected chi connectivity index (χ2v) is 5.65. The smallest absolute Gasteiger partial charge is 0.220 e. The first kappa shape index (κ1) is 14.8. The maximum Gasteiger partial charge on any atom is 0.220 e. The molecule has 0 bridgehead atoms. The fourth-order valence-electron chi connectivity index (χ4n) is 2.12. The average molecular weight is 332 g/mol. The van der Waals surface area contributed by atoms with Crippen LogP contribution in [0.25, 0.3) is 0 Å². The first-order valence-electron chi connectivity index (χ1n) is 6.74. The van der Waals surface area contributed by atoms with Crippen molar-refractivity contribution in [3.8, 4) is 0 Å². The number of benzene rings is 2. The van der Waals surface area contributed by atoms with Crippen molar-refractivity contribution in [3.05, 3.63) is 70.2 Å². The number of nitrogens with one attached hydrogen (secondary N) is 1. The Kier molecular flexibility index (Phi) is 5.36. The molecule has 0 spiro atoms. The summed E-state index contributed by atoms with van der Waals surface area (Å²) in [5, 5.41) is 3.04. The van der Waals surface area contributed by atoms with Gasteiger partial charge in [-0.3, -0.25) is 4.79 Å². The first-order valence-corrected chi connectivity index (χ1v) is 7.54. The van der Waals surface area contributed by atoms with Gasteiger partial charge in [-0.1, -0.05) is 64.5 Å². The molecule has 2 aromatic rings. The average Bonchev–Trinajstić information content (AvgIpc) is 2.46. The largest absolute Gasteiger partial charge is 0.350 e. The highest BCUT2D eigenvalue weighted by Crippen LogP contribution is 2.22. The number of amides is 1. The van der Waals surface area contributed by atoms with Gasteiger partial charge in [-0.15, -0.1) is 0 Å². The molecule has 0 aliphatic carbocycles. The molecular formula is C17H18BrNO. The van der Waals surface area contributed by atoms with Crippen molar-refractivity contribution >= 4 is 21.8 Å². The van der Waals surface area contributed by atoms with Gasteiger partial charge in [0.25, 0.3) is 0 Å². The van der Waals surface area contributed by atoms with Crippen LogP contribution in [-0.2, 0) is 11.2 Å². The van der Waals surface area contributed by atoms with Gasteiger partial charge in [-0.05, 0) is 30.5 Å². The predicted octanol–water partition coefficient (Wildman–Crippen LogP) is 4.26. The number of carbonyl (C=O) groups excluding carboxylic acids is 1. The van der Waals surface area contributed by atoms with E-state index in [9.17, 15) is 4.79 Å². The molecule has 1 amide bonds. The summed E-state index contributed by atoms with van der Waals surface area (Å²) in [6.07, 6.45) is 1.29. The number of halogens is 1. The van der Waals surface area contributed by atoms with Crippen molar-refractivity contribution in [3.63, 3.8) is 0 Å². The molecule has 0 saturated carbocycles. The van der Waals surface area contributed by atoms with E-state index in [0.29, 0.717) is 6.42 Å². The van der Waals surface area contributed by atoms with Crippen LogP contribution in [0, 0.1) is 0 Å². The van der Waals surface area contributed by atoms with E-state index in [4.69, 9.17) is 0 Å². The van der Waals surface area contributed by atoms with Gasteiger partial charge in [-0.25, -0.2) is 0 Å². The van der Waals surface area contributed by atoms with Crippen LogP contribution in [0.5, 0.6) is 0 Å². The molecule has 0 heterocycles. The van der Waals surface area contributed by atoms with Crippen LogP contribution in [0.3, 0.4) is 0 Å². The minimum absolute atomic E-state index is 0.00819. The van der Waals surface area contributed by atoms with E-state index in [1.165, 1.54) is 5.56 Å². The molecule has 20 heavy (non-hydrogen) atoms. The predicted molar refractivity (Wildman–Crippen MR) is 85.5 cm³/mol. The number of carbonyl (C=O) groups is 1. The number of hydrogen-bond acceptors (Lipinski definition) is 1. The molecular weight excluding hydrogens is 314 g/mol. The molecule has 1 N–H and O–H groups in total. The topological polar surface area (TPSA) is 29.1 Å². The van der Waals surface area contributed by atoms with Gasteiger partial charge in [0.05, 0.1) is 6.04 Å². The Balaban J connectivity index is 1.87. The molecule has 0 unspecified atom stereocenters.